The summed E-state index contributed by atoms with van der Waals surface area (Å²) in [5.74, 6) is 0.820. The molecule has 94 valence electrons. The Bertz CT molecular complexity index is 392. The Kier molecular flexibility index (Phi) is 3.38. The molecule has 1 aromatic rings. The number of nitrogens with zero attached hydrogens (tertiary/aromatic N) is 1. The molecule has 3 nitrogen and oxygen atoms in total. The summed E-state index contributed by atoms with van der Waals surface area (Å²) >= 11 is 0. The summed E-state index contributed by atoms with van der Waals surface area (Å²) in [7, 11) is 0. The van der Waals surface area contributed by atoms with Crippen molar-refractivity contribution in [3.05, 3.63) is 24.0 Å². The molecule has 3 heteroatoms. The van der Waals surface area contributed by atoms with Crippen LogP contribution in [0.15, 0.2) is 18.5 Å². The van der Waals surface area contributed by atoms with Crippen LogP contribution in [-0.2, 0) is 5.41 Å². The van der Waals surface area contributed by atoms with Crippen molar-refractivity contribution in [3.63, 3.8) is 0 Å². The Morgan fingerprint density at radius 1 is 1.47 bits per heavy atom. The molecule has 0 radical (unpaired) electrons. The summed E-state index contributed by atoms with van der Waals surface area (Å²) in [6.45, 7) is 6.21. The van der Waals surface area contributed by atoms with Crippen LogP contribution < -0.4 is 4.74 Å². The second kappa shape index (κ2) is 4.65. The van der Waals surface area contributed by atoms with Crippen LogP contribution in [-0.4, -0.2) is 22.3 Å². The second-order valence-electron chi connectivity index (χ2n) is 5.53. The van der Waals surface area contributed by atoms with Gasteiger partial charge in [-0.15, -0.1) is 0 Å². The van der Waals surface area contributed by atoms with Gasteiger partial charge < -0.3 is 9.84 Å². The number of aliphatic hydroxyl groups is 1. The molecule has 1 aromatic heterocycles. The maximum absolute atomic E-state index is 9.69. The summed E-state index contributed by atoms with van der Waals surface area (Å²) in [4.78, 5) is 4.25. The van der Waals surface area contributed by atoms with Crippen molar-refractivity contribution in [1.82, 2.24) is 4.98 Å². The average Bonchev–Trinajstić information content (AvgIpc) is 2.59. The van der Waals surface area contributed by atoms with E-state index in [1.54, 1.807) is 6.20 Å². The third kappa shape index (κ3) is 2.78. The van der Waals surface area contributed by atoms with Gasteiger partial charge in [0.2, 0.25) is 0 Å². The van der Waals surface area contributed by atoms with Gasteiger partial charge in [0.1, 0.15) is 5.75 Å². The van der Waals surface area contributed by atoms with Gasteiger partial charge in [0.15, 0.2) is 0 Å². The minimum atomic E-state index is -0.172. The molecule has 1 saturated carbocycles. The number of ether oxygens (including phenoxy) is 1. The highest BCUT2D eigenvalue weighted by Gasteiger charge is 2.36. The van der Waals surface area contributed by atoms with Crippen LogP contribution in [0.1, 0.15) is 45.6 Å². The molecule has 0 saturated heterocycles. The van der Waals surface area contributed by atoms with Gasteiger partial charge >= 0.3 is 0 Å². The second-order valence-corrected chi connectivity index (χ2v) is 5.53. The van der Waals surface area contributed by atoms with Crippen molar-refractivity contribution in [3.8, 4) is 5.75 Å². The molecular weight excluding hydrogens is 214 g/mol. The van der Waals surface area contributed by atoms with Gasteiger partial charge in [-0.25, -0.2) is 0 Å². The minimum Gasteiger partial charge on any atom is -0.489 e. The lowest BCUT2D eigenvalue weighted by atomic mass is 9.82. The molecule has 2 atom stereocenters. The molecule has 0 bridgehead atoms. The number of aliphatic hydroxyl groups excluding tert-OH is 1. The van der Waals surface area contributed by atoms with Gasteiger partial charge in [-0.05, 0) is 50.2 Å². The fourth-order valence-electron chi connectivity index (χ4n) is 2.56. The van der Waals surface area contributed by atoms with Crippen molar-refractivity contribution >= 4 is 0 Å². The molecule has 0 aromatic carbocycles. The van der Waals surface area contributed by atoms with Gasteiger partial charge in [0.25, 0.3) is 0 Å². The molecule has 2 rings (SSSR count). The van der Waals surface area contributed by atoms with Gasteiger partial charge in [-0.2, -0.15) is 0 Å². The van der Waals surface area contributed by atoms with Crippen LogP contribution in [0.2, 0.25) is 0 Å². The molecule has 1 aliphatic carbocycles. The molecular formula is C14H21NO2. The van der Waals surface area contributed by atoms with E-state index in [9.17, 15) is 5.11 Å². The number of aromatic nitrogens is 1. The highest BCUT2D eigenvalue weighted by molar-refractivity contribution is 5.30. The third-order valence-corrected chi connectivity index (χ3v) is 3.50. The Hall–Kier alpha value is -1.09. The zero-order chi connectivity index (χ0) is 12.5. The van der Waals surface area contributed by atoms with E-state index in [1.807, 2.05) is 20.0 Å². The van der Waals surface area contributed by atoms with Crippen LogP contribution in [0.4, 0.5) is 0 Å². The Morgan fingerprint density at radius 3 is 2.82 bits per heavy atom. The first-order valence-corrected chi connectivity index (χ1v) is 6.30. The SMILES string of the molecule is CC(C)Oc1cncc(C2(C)CCC(O)C2)c1. The average molecular weight is 235 g/mol. The monoisotopic (exact) mass is 235 g/mol. The Morgan fingerprint density at radius 2 is 2.24 bits per heavy atom. The molecule has 1 N–H and O–H groups in total. The third-order valence-electron chi connectivity index (χ3n) is 3.50. The largest absolute Gasteiger partial charge is 0.489 e. The van der Waals surface area contributed by atoms with Crippen LogP contribution in [0.5, 0.6) is 5.75 Å². The topological polar surface area (TPSA) is 42.4 Å². The summed E-state index contributed by atoms with van der Waals surface area (Å²) in [6, 6.07) is 2.06. The van der Waals surface area contributed by atoms with Crippen LogP contribution >= 0.6 is 0 Å². The van der Waals surface area contributed by atoms with Crippen molar-refractivity contribution in [2.24, 2.45) is 0 Å². The molecule has 1 heterocycles. The molecule has 1 fully saturated rings. The van der Waals surface area contributed by atoms with Gasteiger partial charge in [0, 0.05) is 6.20 Å². The predicted octanol–water partition coefficient (Wildman–Crippen LogP) is 2.67. The first-order valence-electron chi connectivity index (χ1n) is 6.30. The first-order chi connectivity index (χ1) is 7.99. The number of hydrogen-bond acceptors (Lipinski definition) is 3. The fourth-order valence-corrected chi connectivity index (χ4v) is 2.56. The van der Waals surface area contributed by atoms with Crippen LogP contribution in [0, 0.1) is 0 Å². The standard InChI is InChI=1S/C14H21NO2/c1-10(2)17-13-6-11(8-15-9-13)14(3)5-4-12(16)7-14/h6,8-10,12,16H,4-5,7H2,1-3H3. The van der Waals surface area contributed by atoms with Crippen molar-refractivity contribution in [2.45, 2.75) is 57.7 Å². The van der Waals surface area contributed by atoms with E-state index < -0.39 is 0 Å². The molecule has 1 aliphatic rings. The Labute approximate surface area is 103 Å². The van der Waals surface area contributed by atoms with E-state index in [4.69, 9.17) is 4.74 Å². The maximum Gasteiger partial charge on any atom is 0.138 e. The first kappa shape index (κ1) is 12.4. The van der Waals surface area contributed by atoms with E-state index >= 15 is 0 Å². The quantitative estimate of drug-likeness (QED) is 0.875. The van der Waals surface area contributed by atoms with E-state index in [2.05, 4.69) is 18.0 Å². The molecule has 0 spiro atoms. The zero-order valence-corrected chi connectivity index (χ0v) is 10.8. The van der Waals surface area contributed by atoms with Crippen molar-refractivity contribution < 1.29 is 9.84 Å². The lowest BCUT2D eigenvalue weighted by Crippen LogP contribution is -2.19. The normalized spacial score (nSPS) is 28.6. The summed E-state index contributed by atoms with van der Waals surface area (Å²) in [5, 5.41) is 9.69. The van der Waals surface area contributed by atoms with Crippen LogP contribution in [0.25, 0.3) is 0 Å². The maximum atomic E-state index is 9.69. The van der Waals surface area contributed by atoms with Gasteiger partial charge in [0.05, 0.1) is 18.4 Å². The zero-order valence-electron chi connectivity index (χ0n) is 10.8. The molecule has 0 amide bonds. The van der Waals surface area contributed by atoms with Crippen molar-refractivity contribution in [1.29, 1.82) is 0 Å². The number of rotatable bonds is 3. The van der Waals surface area contributed by atoms with Gasteiger partial charge in [-0.1, -0.05) is 6.92 Å². The molecule has 0 aliphatic heterocycles. The lowest BCUT2D eigenvalue weighted by molar-refractivity contribution is 0.175. The predicted molar refractivity (Wildman–Crippen MR) is 67.2 cm³/mol. The van der Waals surface area contributed by atoms with E-state index in [0.29, 0.717) is 0 Å². The lowest BCUT2D eigenvalue weighted by Gasteiger charge is -2.24. The highest BCUT2D eigenvalue weighted by Crippen LogP contribution is 2.41. The van der Waals surface area contributed by atoms with Gasteiger partial charge in [-0.3, -0.25) is 4.98 Å². The minimum absolute atomic E-state index is 0.0444. The smallest absolute Gasteiger partial charge is 0.138 e. The van der Waals surface area contributed by atoms with Crippen molar-refractivity contribution in [2.75, 3.05) is 0 Å². The van der Waals surface area contributed by atoms with Crippen LogP contribution in [0.3, 0.4) is 0 Å². The highest BCUT2D eigenvalue weighted by atomic mass is 16.5. The summed E-state index contributed by atoms with van der Waals surface area (Å²) in [6.07, 6.45) is 6.35. The fraction of sp³-hybridized carbons (Fsp3) is 0.643. The molecule has 17 heavy (non-hydrogen) atoms. The van der Waals surface area contributed by atoms with E-state index in [0.717, 1.165) is 25.0 Å². The summed E-state index contributed by atoms with van der Waals surface area (Å²) < 4.78 is 5.66. The number of hydrogen-bond donors (Lipinski definition) is 1. The molecule has 2 unspecified atom stereocenters. The number of pyridine rings is 1. The van der Waals surface area contributed by atoms with E-state index in [1.165, 1.54) is 5.56 Å². The van der Waals surface area contributed by atoms with E-state index in [-0.39, 0.29) is 17.6 Å². The Balaban J connectivity index is 2.21. The summed E-state index contributed by atoms with van der Waals surface area (Å²) in [5.41, 5.74) is 1.22.